The van der Waals surface area contributed by atoms with Gasteiger partial charge in [-0.3, -0.25) is 9.88 Å². The Morgan fingerprint density at radius 3 is 2.76 bits per heavy atom. The number of rotatable bonds is 6. The van der Waals surface area contributed by atoms with Crippen molar-refractivity contribution in [1.82, 2.24) is 14.9 Å². The summed E-state index contributed by atoms with van der Waals surface area (Å²) in [7, 11) is 3.90. The molecule has 1 aromatic carbocycles. The van der Waals surface area contributed by atoms with Crippen LogP contribution in [0, 0.1) is 5.82 Å². The van der Waals surface area contributed by atoms with Crippen LogP contribution in [0.2, 0.25) is 0 Å². The fourth-order valence-corrected chi connectivity index (χ4v) is 2.81. The molecular formula is C18H23FN4O2. The zero-order valence-corrected chi connectivity index (χ0v) is 14.6. The molecule has 25 heavy (non-hydrogen) atoms. The quantitative estimate of drug-likeness (QED) is 0.799. The number of benzene rings is 1. The van der Waals surface area contributed by atoms with Gasteiger partial charge >= 0.3 is 0 Å². The lowest BCUT2D eigenvalue weighted by Crippen LogP contribution is -2.41. The van der Waals surface area contributed by atoms with Crippen molar-refractivity contribution in [3.05, 3.63) is 48.2 Å². The first-order valence-corrected chi connectivity index (χ1v) is 8.34. The highest BCUT2D eigenvalue weighted by molar-refractivity contribution is 5.42. The minimum absolute atomic E-state index is 0.106. The maximum absolute atomic E-state index is 12.9. The predicted molar refractivity (Wildman–Crippen MR) is 93.4 cm³/mol. The number of morpholine rings is 1. The molecule has 0 radical (unpaired) electrons. The highest BCUT2D eigenvalue weighted by Gasteiger charge is 2.26. The SMILES string of the molecule is CN(C)c1nccnc1[C@H]1CN(CCOc2ccc(F)cc2)CCO1. The van der Waals surface area contributed by atoms with Crippen molar-refractivity contribution in [1.29, 1.82) is 0 Å². The van der Waals surface area contributed by atoms with Gasteiger partial charge in [0.25, 0.3) is 0 Å². The maximum Gasteiger partial charge on any atom is 0.152 e. The predicted octanol–water partition coefficient (Wildman–Crippen LogP) is 2.13. The van der Waals surface area contributed by atoms with Crippen LogP contribution >= 0.6 is 0 Å². The normalized spacial score (nSPS) is 18.1. The second-order valence-electron chi connectivity index (χ2n) is 6.12. The average molecular weight is 346 g/mol. The lowest BCUT2D eigenvalue weighted by Gasteiger charge is -2.33. The molecule has 2 aromatic rings. The van der Waals surface area contributed by atoms with Crippen LogP contribution in [0.4, 0.5) is 10.2 Å². The van der Waals surface area contributed by atoms with Gasteiger partial charge in [0.2, 0.25) is 0 Å². The molecule has 0 amide bonds. The summed E-state index contributed by atoms with van der Waals surface area (Å²) in [5, 5.41) is 0. The molecular weight excluding hydrogens is 323 g/mol. The van der Waals surface area contributed by atoms with Crippen molar-refractivity contribution in [2.75, 3.05) is 51.8 Å². The second kappa shape index (κ2) is 8.22. The first kappa shape index (κ1) is 17.6. The minimum atomic E-state index is -0.260. The van der Waals surface area contributed by atoms with E-state index < -0.39 is 0 Å². The van der Waals surface area contributed by atoms with E-state index in [2.05, 4.69) is 14.9 Å². The summed E-state index contributed by atoms with van der Waals surface area (Å²) in [5.41, 5.74) is 0.858. The molecule has 0 spiro atoms. The standard InChI is InChI=1S/C18H23FN4O2/c1-22(2)18-17(20-7-8-21-18)16-13-23(10-12-25-16)9-11-24-15-5-3-14(19)4-6-15/h3-8,16H,9-13H2,1-2H3/t16-/m1/s1. The molecule has 1 saturated heterocycles. The summed E-state index contributed by atoms with van der Waals surface area (Å²) in [6.45, 7) is 3.55. The molecule has 0 unspecified atom stereocenters. The van der Waals surface area contributed by atoms with Crippen LogP contribution in [0.5, 0.6) is 5.75 Å². The Hall–Kier alpha value is -2.25. The Morgan fingerprint density at radius 2 is 2.00 bits per heavy atom. The lowest BCUT2D eigenvalue weighted by molar-refractivity contribution is -0.0348. The van der Waals surface area contributed by atoms with Gasteiger partial charge < -0.3 is 14.4 Å². The molecule has 1 fully saturated rings. The molecule has 0 aliphatic carbocycles. The van der Waals surface area contributed by atoms with Gasteiger partial charge in [-0.2, -0.15) is 0 Å². The van der Waals surface area contributed by atoms with E-state index in [1.165, 1.54) is 12.1 Å². The first-order valence-electron chi connectivity index (χ1n) is 8.34. The van der Waals surface area contributed by atoms with Gasteiger partial charge in [-0.25, -0.2) is 9.37 Å². The van der Waals surface area contributed by atoms with Crippen molar-refractivity contribution in [3.63, 3.8) is 0 Å². The zero-order chi connectivity index (χ0) is 17.6. The van der Waals surface area contributed by atoms with Gasteiger partial charge in [-0.1, -0.05) is 0 Å². The molecule has 0 bridgehead atoms. The molecule has 134 valence electrons. The van der Waals surface area contributed by atoms with Gasteiger partial charge in [0.1, 0.15) is 30.0 Å². The second-order valence-corrected chi connectivity index (χ2v) is 6.12. The van der Waals surface area contributed by atoms with Gasteiger partial charge in [0.15, 0.2) is 5.82 Å². The third kappa shape index (κ3) is 4.64. The number of hydrogen-bond donors (Lipinski definition) is 0. The van der Waals surface area contributed by atoms with Gasteiger partial charge in [0.05, 0.1) is 6.61 Å². The summed E-state index contributed by atoms with van der Waals surface area (Å²) in [6, 6.07) is 6.08. The molecule has 0 saturated carbocycles. The van der Waals surface area contributed by atoms with Gasteiger partial charge in [0, 0.05) is 46.1 Å². The Kier molecular flexibility index (Phi) is 5.78. The number of aromatic nitrogens is 2. The Morgan fingerprint density at radius 1 is 1.24 bits per heavy atom. The first-order chi connectivity index (χ1) is 12.1. The molecule has 1 aromatic heterocycles. The molecule has 1 aliphatic heterocycles. The summed E-state index contributed by atoms with van der Waals surface area (Å²) in [6.07, 6.45) is 3.28. The van der Waals surface area contributed by atoms with Crippen LogP contribution in [0.15, 0.2) is 36.7 Å². The third-order valence-electron chi connectivity index (χ3n) is 4.08. The van der Waals surface area contributed by atoms with E-state index >= 15 is 0 Å². The molecule has 6 nitrogen and oxygen atoms in total. The van der Waals surface area contributed by atoms with E-state index in [0.717, 1.165) is 31.1 Å². The van der Waals surface area contributed by atoms with Crippen LogP contribution in [0.3, 0.4) is 0 Å². The molecule has 3 rings (SSSR count). The number of ether oxygens (including phenoxy) is 2. The van der Waals surface area contributed by atoms with Crippen molar-refractivity contribution in [2.45, 2.75) is 6.10 Å². The van der Waals surface area contributed by atoms with Crippen molar-refractivity contribution in [2.24, 2.45) is 0 Å². The number of anilines is 1. The number of hydrogen-bond acceptors (Lipinski definition) is 6. The van der Waals surface area contributed by atoms with Crippen molar-refractivity contribution < 1.29 is 13.9 Å². The minimum Gasteiger partial charge on any atom is -0.492 e. The highest BCUT2D eigenvalue weighted by atomic mass is 19.1. The lowest BCUT2D eigenvalue weighted by atomic mass is 10.2. The summed E-state index contributed by atoms with van der Waals surface area (Å²) in [5.74, 6) is 1.25. The van der Waals surface area contributed by atoms with Gasteiger partial charge in [-0.05, 0) is 24.3 Å². The van der Waals surface area contributed by atoms with E-state index in [9.17, 15) is 4.39 Å². The third-order valence-corrected chi connectivity index (χ3v) is 4.08. The highest BCUT2D eigenvalue weighted by Crippen LogP contribution is 2.26. The molecule has 7 heteroatoms. The monoisotopic (exact) mass is 346 g/mol. The topological polar surface area (TPSA) is 50.7 Å². The largest absolute Gasteiger partial charge is 0.492 e. The Labute approximate surface area is 147 Å². The van der Waals surface area contributed by atoms with Crippen molar-refractivity contribution in [3.8, 4) is 5.75 Å². The average Bonchev–Trinajstić information content (AvgIpc) is 2.63. The van der Waals surface area contributed by atoms with Gasteiger partial charge in [-0.15, -0.1) is 0 Å². The van der Waals surface area contributed by atoms with Crippen LogP contribution in [0.1, 0.15) is 11.8 Å². The van der Waals surface area contributed by atoms with E-state index in [0.29, 0.717) is 19.0 Å². The molecule has 1 aliphatic rings. The maximum atomic E-state index is 12.9. The smallest absolute Gasteiger partial charge is 0.152 e. The van der Waals surface area contributed by atoms with E-state index in [-0.39, 0.29) is 11.9 Å². The fraction of sp³-hybridized carbons (Fsp3) is 0.444. The number of nitrogens with zero attached hydrogens (tertiary/aromatic N) is 4. The number of halogens is 1. The van der Waals surface area contributed by atoms with Crippen LogP contribution in [-0.2, 0) is 4.74 Å². The summed E-state index contributed by atoms with van der Waals surface area (Å²) in [4.78, 5) is 13.1. The Balaban J connectivity index is 1.55. The summed E-state index contributed by atoms with van der Waals surface area (Å²) < 4.78 is 24.5. The molecule has 1 atom stereocenters. The summed E-state index contributed by atoms with van der Waals surface area (Å²) >= 11 is 0. The van der Waals surface area contributed by atoms with Crippen LogP contribution in [0.25, 0.3) is 0 Å². The zero-order valence-electron chi connectivity index (χ0n) is 14.6. The van der Waals surface area contributed by atoms with E-state index in [4.69, 9.17) is 9.47 Å². The van der Waals surface area contributed by atoms with Crippen LogP contribution in [-0.4, -0.2) is 61.8 Å². The molecule has 0 N–H and O–H groups in total. The van der Waals surface area contributed by atoms with Crippen LogP contribution < -0.4 is 9.64 Å². The van der Waals surface area contributed by atoms with E-state index in [1.807, 2.05) is 19.0 Å². The Bertz CT molecular complexity index is 681. The van der Waals surface area contributed by atoms with Crippen molar-refractivity contribution >= 4 is 5.82 Å². The van der Waals surface area contributed by atoms with E-state index in [1.54, 1.807) is 24.5 Å². The molecule has 2 heterocycles. The fourth-order valence-electron chi connectivity index (χ4n) is 2.81.